The lowest BCUT2D eigenvalue weighted by atomic mass is 9.55. The largest absolute Gasteiger partial charge is 0.493 e. The normalized spacial score (nSPS) is 33.4. The van der Waals surface area contributed by atoms with Crippen molar-refractivity contribution in [2.45, 2.75) is 58.3 Å². The van der Waals surface area contributed by atoms with Gasteiger partial charge in [0.1, 0.15) is 11.5 Å². The van der Waals surface area contributed by atoms with Gasteiger partial charge in [0.2, 0.25) is 0 Å². The molecule has 134 valence electrons. The summed E-state index contributed by atoms with van der Waals surface area (Å²) in [5.41, 5.74) is 8.52. The fourth-order valence-corrected chi connectivity index (χ4v) is 5.84. The van der Waals surface area contributed by atoms with Crippen LogP contribution in [0.15, 0.2) is 12.1 Å². The van der Waals surface area contributed by atoms with Gasteiger partial charge in [-0.25, -0.2) is 0 Å². The Morgan fingerprint density at radius 2 is 2.08 bits per heavy atom. The second kappa shape index (κ2) is 5.86. The highest BCUT2D eigenvalue weighted by molar-refractivity contribution is 5.96. The van der Waals surface area contributed by atoms with Crippen LogP contribution in [0.1, 0.15) is 73.4 Å². The standard InChI is InChI=1S/C21H27NO3/c1-3-25-18-11-15-12(10-16(18)20(22)24)4-5-14-13(15)8-9-21(2)17(14)6-7-19(21)23/h10-11,13-14,17H,3-9H2,1-2H3,(H2,22,24). The minimum absolute atomic E-state index is 0.103. The molecule has 2 fully saturated rings. The highest BCUT2D eigenvalue weighted by Gasteiger charge is 2.54. The molecule has 0 radical (unpaired) electrons. The summed E-state index contributed by atoms with van der Waals surface area (Å²) in [5, 5.41) is 0. The summed E-state index contributed by atoms with van der Waals surface area (Å²) in [6, 6.07) is 4.02. The van der Waals surface area contributed by atoms with Gasteiger partial charge < -0.3 is 10.5 Å². The zero-order chi connectivity index (χ0) is 17.8. The number of hydrogen-bond donors (Lipinski definition) is 1. The lowest BCUT2D eigenvalue weighted by Crippen LogP contribution is -2.42. The second-order valence-electron chi connectivity index (χ2n) is 8.18. The Bertz CT molecular complexity index is 741. The maximum atomic E-state index is 12.4. The second-order valence-corrected chi connectivity index (χ2v) is 8.18. The van der Waals surface area contributed by atoms with Crippen LogP contribution < -0.4 is 10.5 Å². The third-order valence-electron chi connectivity index (χ3n) is 7.10. The van der Waals surface area contributed by atoms with E-state index in [1.165, 1.54) is 11.1 Å². The van der Waals surface area contributed by atoms with Crippen molar-refractivity contribution in [1.29, 1.82) is 0 Å². The van der Waals surface area contributed by atoms with E-state index in [2.05, 4.69) is 13.0 Å². The van der Waals surface area contributed by atoms with Crippen LogP contribution in [0.4, 0.5) is 0 Å². The molecule has 2 saturated carbocycles. The Balaban J connectivity index is 1.74. The maximum absolute atomic E-state index is 12.4. The van der Waals surface area contributed by atoms with Crippen molar-refractivity contribution < 1.29 is 14.3 Å². The number of amides is 1. The summed E-state index contributed by atoms with van der Waals surface area (Å²) in [5.74, 6) is 2.23. The Morgan fingerprint density at radius 1 is 1.28 bits per heavy atom. The molecule has 4 unspecified atom stereocenters. The number of carbonyl (C=O) groups excluding carboxylic acids is 2. The Hall–Kier alpha value is -1.84. The average Bonchev–Trinajstić information content (AvgIpc) is 2.89. The number of Topliss-reactive ketones (excluding diaryl/α,β-unsaturated/α-hetero) is 1. The summed E-state index contributed by atoms with van der Waals surface area (Å²) in [6.45, 7) is 4.63. The molecule has 0 aromatic heterocycles. The van der Waals surface area contributed by atoms with Crippen LogP contribution >= 0.6 is 0 Å². The van der Waals surface area contributed by atoms with E-state index in [4.69, 9.17) is 10.5 Å². The molecule has 1 aromatic carbocycles. The topological polar surface area (TPSA) is 69.4 Å². The summed E-state index contributed by atoms with van der Waals surface area (Å²) in [4.78, 5) is 24.2. The molecule has 4 nitrogen and oxygen atoms in total. The van der Waals surface area contributed by atoms with Crippen LogP contribution in [0.5, 0.6) is 5.75 Å². The van der Waals surface area contributed by atoms with Gasteiger partial charge in [-0.1, -0.05) is 6.92 Å². The summed E-state index contributed by atoms with van der Waals surface area (Å²) in [6.07, 6.45) is 5.91. The zero-order valence-corrected chi connectivity index (χ0v) is 15.1. The first kappa shape index (κ1) is 16.6. The van der Waals surface area contributed by atoms with Crippen LogP contribution in [0.25, 0.3) is 0 Å². The number of primary amides is 1. The zero-order valence-electron chi connectivity index (χ0n) is 15.1. The first-order valence-corrected chi connectivity index (χ1v) is 9.58. The maximum Gasteiger partial charge on any atom is 0.252 e. The first-order chi connectivity index (χ1) is 12.0. The summed E-state index contributed by atoms with van der Waals surface area (Å²) in [7, 11) is 0. The average molecular weight is 341 g/mol. The van der Waals surface area contributed by atoms with Gasteiger partial charge in [-0.05, 0) is 80.0 Å². The van der Waals surface area contributed by atoms with E-state index < -0.39 is 5.91 Å². The van der Waals surface area contributed by atoms with Crippen LogP contribution in [-0.2, 0) is 11.2 Å². The van der Waals surface area contributed by atoms with Crippen molar-refractivity contribution in [1.82, 2.24) is 0 Å². The highest BCUT2D eigenvalue weighted by Crippen LogP contribution is 2.59. The van der Waals surface area contributed by atoms with Gasteiger partial charge in [-0.3, -0.25) is 9.59 Å². The lowest BCUT2D eigenvalue weighted by Gasteiger charge is -2.48. The van der Waals surface area contributed by atoms with Gasteiger partial charge in [-0.15, -0.1) is 0 Å². The fraction of sp³-hybridized carbons (Fsp3) is 0.619. The fourth-order valence-electron chi connectivity index (χ4n) is 5.84. The molecule has 1 aromatic rings. The quantitative estimate of drug-likeness (QED) is 0.913. The van der Waals surface area contributed by atoms with Gasteiger partial charge in [0.15, 0.2) is 0 Å². The summed E-state index contributed by atoms with van der Waals surface area (Å²) < 4.78 is 5.71. The number of ketones is 1. The molecule has 4 heteroatoms. The molecule has 1 amide bonds. The number of benzene rings is 1. The summed E-state index contributed by atoms with van der Waals surface area (Å²) >= 11 is 0. The Kier molecular flexibility index (Phi) is 3.89. The van der Waals surface area contributed by atoms with Crippen molar-refractivity contribution in [2.75, 3.05) is 6.61 Å². The minimum atomic E-state index is -0.425. The molecular formula is C21H27NO3. The van der Waals surface area contributed by atoms with E-state index in [1.807, 2.05) is 13.0 Å². The monoisotopic (exact) mass is 341 g/mol. The van der Waals surface area contributed by atoms with Gasteiger partial charge >= 0.3 is 0 Å². The number of rotatable bonds is 3. The molecule has 3 aliphatic rings. The third kappa shape index (κ3) is 2.41. The van der Waals surface area contributed by atoms with Crippen LogP contribution in [0.2, 0.25) is 0 Å². The van der Waals surface area contributed by atoms with E-state index in [-0.39, 0.29) is 5.41 Å². The minimum Gasteiger partial charge on any atom is -0.493 e. The number of hydrogen-bond acceptors (Lipinski definition) is 3. The molecule has 4 atom stereocenters. The molecule has 0 saturated heterocycles. The number of aryl methyl sites for hydroxylation is 1. The molecule has 2 N–H and O–H groups in total. The predicted octanol–water partition coefficient (Wildman–Crippen LogP) is 3.61. The first-order valence-electron chi connectivity index (χ1n) is 9.58. The number of carbonyl (C=O) groups is 2. The van der Waals surface area contributed by atoms with Crippen LogP contribution in [-0.4, -0.2) is 18.3 Å². The lowest BCUT2D eigenvalue weighted by molar-refractivity contribution is -0.129. The molecule has 25 heavy (non-hydrogen) atoms. The van der Waals surface area contributed by atoms with Crippen molar-refractivity contribution in [2.24, 2.45) is 23.0 Å². The van der Waals surface area contributed by atoms with Crippen molar-refractivity contribution in [3.05, 3.63) is 28.8 Å². The number of fused-ring (bicyclic) bond motifs is 5. The Morgan fingerprint density at radius 3 is 2.80 bits per heavy atom. The molecule has 4 rings (SSSR count). The molecule has 0 heterocycles. The van der Waals surface area contributed by atoms with Gasteiger partial charge in [0.25, 0.3) is 5.91 Å². The molecular weight excluding hydrogens is 314 g/mol. The van der Waals surface area contributed by atoms with Crippen LogP contribution in [0.3, 0.4) is 0 Å². The van der Waals surface area contributed by atoms with Crippen molar-refractivity contribution in [3.63, 3.8) is 0 Å². The van der Waals surface area contributed by atoms with Gasteiger partial charge in [0.05, 0.1) is 12.2 Å². The molecule has 3 aliphatic carbocycles. The number of nitrogens with two attached hydrogens (primary N) is 1. The van der Waals surface area contributed by atoms with Gasteiger partial charge in [0, 0.05) is 11.8 Å². The molecule has 0 aliphatic heterocycles. The Labute approximate surface area is 149 Å². The van der Waals surface area contributed by atoms with E-state index in [0.717, 1.165) is 38.5 Å². The molecule has 0 spiro atoms. The SMILES string of the molecule is CCOc1cc2c(cc1C(N)=O)CCC1C2CCC2(C)C(=O)CCC12. The van der Waals surface area contributed by atoms with E-state index in [0.29, 0.717) is 41.5 Å². The van der Waals surface area contributed by atoms with Gasteiger partial charge in [-0.2, -0.15) is 0 Å². The number of ether oxygens (including phenoxy) is 1. The van der Waals surface area contributed by atoms with E-state index >= 15 is 0 Å². The van der Waals surface area contributed by atoms with E-state index in [1.54, 1.807) is 0 Å². The highest BCUT2D eigenvalue weighted by atomic mass is 16.5. The third-order valence-corrected chi connectivity index (χ3v) is 7.10. The van der Waals surface area contributed by atoms with Crippen molar-refractivity contribution in [3.8, 4) is 5.75 Å². The smallest absolute Gasteiger partial charge is 0.252 e. The van der Waals surface area contributed by atoms with Crippen LogP contribution in [0, 0.1) is 17.3 Å². The predicted molar refractivity (Wildman–Crippen MR) is 95.8 cm³/mol. The van der Waals surface area contributed by atoms with Crippen molar-refractivity contribution >= 4 is 11.7 Å². The molecule has 0 bridgehead atoms. The van der Waals surface area contributed by atoms with E-state index in [9.17, 15) is 9.59 Å².